The van der Waals surface area contributed by atoms with Crippen molar-refractivity contribution in [1.82, 2.24) is 9.99 Å². The van der Waals surface area contributed by atoms with Gasteiger partial charge in [0.05, 0.1) is 17.3 Å². The summed E-state index contributed by atoms with van der Waals surface area (Å²) in [5, 5.41) is 14.5. The minimum atomic E-state index is -4.21. The molecule has 1 aromatic heterocycles. The number of carbonyl (C=O) groups excluding carboxylic acids is 1. The van der Waals surface area contributed by atoms with Crippen molar-refractivity contribution >= 4 is 40.8 Å². The van der Waals surface area contributed by atoms with Gasteiger partial charge in [-0.15, -0.1) is 0 Å². The van der Waals surface area contributed by atoms with Gasteiger partial charge in [-0.2, -0.15) is 13.9 Å². The lowest BCUT2D eigenvalue weighted by molar-refractivity contribution is -0.167. The number of aromatic nitrogens is 1. The Hall–Kier alpha value is -3.56. The Morgan fingerprint density at radius 2 is 1.69 bits per heavy atom. The van der Waals surface area contributed by atoms with E-state index in [0.29, 0.717) is 37.4 Å². The summed E-state index contributed by atoms with van der Waals surface area (Å²) in [6.45, 7) is 1.69. The highest BCUT2D eigenvalue weighted by Gasteiger charge is 2.48. The molecule has 4 rings (SSSR count). The number of hydrogen-bond acceptors (Lipinski definition) is 4. The number of rotatable bonds is 6. The molecule has 0 aliphatic carbocycles. The van der Waals surface area contributed by atoms with Gasteiger partial charge in [0.15, 0.2) is 0 Å². The van der Waals surface area contributed by atoms with Crippen LogP contribution in [0.15, 0.2) is 64.5 Å². The third-order valence-corrected chi connectivity index (χ3v) is 6.18. The number of aromatic amines is 1. The zero-order chi connectivity index (χ0) is 26.2. The lowest BCUT2D eigenvalue weighted by Crippen LogP contribution is -2.42. The van der Waals surface area contributed by atoms with Crippen molar-refractivity contribution in [2.45, 2.75) is 31.7 Å². The molecule has 7 nitrogen and oxygen atoms in total. The van der Waals surface area contributed by atoms with E-state index in [-0.39, 0.29) is 17.7 Å². The third kappa shape index (κ3) is 5.17. The van der Waals surface area contributed by atoms with Crippen LogP contribution in [0.4, 0.5) is 8.78 Å². The predicted octanol–water partition coefficient (Wildman–Crippen LogP) is 5.44. The van der Waals surface area contributed by atoms with Gasteiger partial charge in [0.2, 0.25) is 0 Å². The van der Waals surface area contributed by atoms with Crippen LogP contribution in [0, 0.1) is 6.92 Å². The Labute approximate surface area is 214 Å². The van der Waals surface area contributed by atoms with Crippen LogP contribution in [0.2, 0.25) is 10.0 Å². The Balaban J connectivity index is 1.86. The molecule has 1 aliphatic rings. The van der Waals surface area contributed by atoms with E-state index >= 15 is 0 Å². The van der Waals surface area contributed by atoms with Gasteiger partial charge >= 0.3 is 17.8 Å². The fourth-order valence-electron chi connectivity index (χ4n) is 4.06. The average Bonchev–Trinajstić information content (AvgIpc) is 3.22. The Morgan fingerprint density at radius 3 is 2.28 bits per heavy atom. The summed E-state index contributed by atoms with van der Waals surface area (Å²) < 4.78 is 29.1. The van der Waals surface area contributed by atoms with Gasteiger partial charge in [0, 0.05) is 22.2 Å². The number of aliphatic carboxylic acids is 1. The largest absolute Gasteiger partial charge is 0.481 e. The molecule has 11 heteroatoms. The van der Waals surface area contributed by atoms with E-state index in [1.54, 1.807) is 49.4 Å². The predicted molar refractivity (Wildman–Crippen MR) is 132 cm³/mol. The molecule has 0 saturated carbocycles. The minimum Gasteiger partial charge on any atom is -0.481 e. The number of carboxylic acid groups (broad SMARTS) is 1. The second-order valence-corrected chi connectivity index (χ2v) is 9.19. The molecule has 0 spiro atoms. The second-order valence-electron chi connectivity index (χ2n) is 8.32. The maximum atomic E-state index is 14.6. The van der Waals surface area contributed by atoms with E-state index in [1.807, 2.05) is 0 Å². The van der Waals surface area contributed by atoms with Crippen LogP contribution in [-0.2, 0) is 9.59 Å². The third-order valence-electron chi connectivity index (χ3n) is 5.67. The number of nitrogens with zero attached hydrogens (tertiary/aromatic N) is 2. The summed E-state index contributed by atoms with van der Waals surface area (Å²) in [4.78, 5) is 39.6. The van der Waals surface area contributed by atoms with E-state index in [1.165, 1.54) is 12.1 Å². The van der Waals surface area contributed by atoms with Crippen LogP contribution in [0.3, 0.4) is 0 Å². The lowest BCUT2D eigenvalue weighted by atomic mass is 9.93. The van der Waals surface area contributed by atoms with Gasteiger partial charge < -0.3 is 10.1 Å². The molecule has 0 bridgehead atoms. The van der Waals surface area contributed by atoms with E-state index in [9.17, 15) is 23.2 Å². The normalized spacial score (nSPS) is 15.6. The molecule has 2 heterocycles. The molecule has 3 aromatic rings. The number of carboxylic acids is 1. The number of alkyl halides is 2. The van der Waals surface area contributed by atoms with Crippen LogP contribution in [-0.4, -0.2) is 38.6 Å². The molecule has 1 amide bonds. The highest BCUT2D eigenvalue weighted by atomic mass is 35.5. The van der Waals surface area contributed by atoms with E-state index in [4.69, 9.17) is 28.3 Å². The summed E-state index contributed by atoms with van der Waals surface area (Å²) in [6.07, 6.45) is -1.76. The summed E-state index contributed by atoms with van der Waals surface area (Å²) in [5.41, 5.74) is 1.81. The first-order valence-electron chi connectivity index (χ1n) is 10.7. The SMILES string of the molecule is Cc1cc(-c2ccc(Cl)cc2)c(C2=NN(C(=O)C(F)(F)CC(=O)O)C(c3ccc(Cl)cc3)C2)c(=O)[nH]1. The number of halogens is 4. The highest BCUT2D eigenvalue weighted by molar-refractivity contribution is 6.30. The standard InChI is InChI=1S/C25H19Cl2F2N3O4/c1-13-10-18(14-2-6-16(26)7-3-14)22(23(35)30-13)19-11-20(15-4-8-17(27)9-5-15)32(31-19)24(36)25(28,29)12-21(33)34/h2-10,20H,11-12H2,1H3,(H,30,35)(H,33,34). The molecule has 186 valence electrons. The van der Waals surface area contributed by atoms with Crippen molar-refractivity contribution in [3.05, 3.63) is 91.8 Å². The van der Waals surface area contributed by atoms with Gasteiger partial charge in [-0.3, -0.25) is 14.4 Å². The van der Waals surface area contributed by atoms with E-state index in [2.05, 4.69) is 10.1 Å². The maximum absolute atomic E-state index is 14.6. The summed E-state index contributed by atoms with van der Waals surface area (Å²) >= 11 is 12.0. The van der Waals surface area contributed by atoms with Crippen molar-refractivity contribution in [2.24, 2.45) is 5.10 Å². The average molecular weight is 534 g/mol. The van der Waals surface area contributed by atoms with Gasteiger partial charge in [-0.05, 0) is 53.9 Å². The first-order valence-corrected chi connectivity index (χ1v) is 11.5. The summed E-state index contributed by atoms with van der Waals surface area (Å²) in [7, 11) is 0. The van der Waals surface area contributed by atoms with Crippen LogP contribution in [0.25, 0.3) is 11.1 Å². The fraction of sp³-hybridized carbons (Fsp3) is 0.200. The molecular weight excluding hydrogens is 515 g/mol. The minimum absolute atomic E-state index is 0.0662. The number of H-pyrrole nitrogens is 1. The molecule has 36 heavy (non-hydrogen) atoms. The summed E-state index contributed by atoms with van der Waals surface area (Å²) in [6, 6.07) is 13.6. The number of hydrazone groups is 1. The smallest absolute Gasteiger partial charge is 0.337 e. The molecule has 0 fully saturated rings. The Kier molecular flexibility index (Phi) is 6.97. The van der Waals surface area contributed by atoms with Crippen LogP contribution < -0.4 is 5.56 Å². The van der Waals surface area contributed by atoms with Crippen LogP contribution in [0.5, 0.6) is 0 Å². The number of benzene rings is 2. The van der Waals surface area contributed by atoms with Gasteiger partial charge in [-0.25, -0.2) is 5.01 Å². The van der Waals surface area contributed by atoms with Crippen LogP contribution >= 0.6 is 23.2 Å². The number of pyridine rings is 1. The lowest BCUT2D eigenvalue weighted by Gasteiger charge is -2.25. The second kappa shape index (κ2) is 9.83. The van der Waals surface area contributed by atoms with Crippen molar-refractivity contribution in [1.29, 1.82) is 0 Å². The van der Waals surface area contributed by atoms with Gasteiger partial charge in [-0.1, -0.05) is 47.5 Å². The zero-order valence-electron chi connectivity index (χ0n) is 18.8. The van der Waals surface area contributed by atoms with Crippen molar-refractivity contribution in [3.8, 4) is 11.1 Å². The number of aryl methyl sites for hydroxylation is 1. The molecule has 2 N–H and O–H groups in total. The van der Waals surface area contributed by atoms with E-state index in [0.717, 1.165) is 0 Å². The first kappa shape index (κ1) is 25.5. The topological polar surface area (TPSA) is 103 Å². The molecule has 0 radical (unpaired) electrons. The molecule has 1 atom stereocenters. The molecular formula is C25H19Cl2F2N3O4. The van der Waals surface area contributed by atoms with Gasteiger partial charge in [0.25, 0.3) is 5.56 Å². The molecule has 0 saturated heterocycles. The first-order chi connectivity index (χ1) is 17.0. The molecule has 1 unspecified atom stereocenters. The summed E-state index contributed by atoms with van der Waals surface area (Å²) in [5.74, 6) is -7.83. The zero-order valence-corrected chi connectivity index (χ0v) is 20.3. The maximum Gasteiger partial charge on any atom is 0.337 e. The molecule has 1 aliphatic heterocycles. The Morgan fingerprint density at radius 1 is 1.11 bits per heavy atom. The highest BCUT2D eigenvalue weighted by Crippen LogP contribution is 2.38. The number of hydrogen-bond donors (Lipinski definition) is 2. The number of amides is 1. The fourth-order valence-corrected chi connectivity index (χ4v) is 4.31. The number of nitrogens with one attached hydrogen (secondary N) is 1. The van der Waals surface area contributed by atoms with Crippen molar-refractivity contribution < 1.29 is 23.5 Å². The van der Waals surface area contributed by atoms with Crippen LogP contribution in [0.1, 0.15) is 35.7 Å². The number of carbonyl (C=O) groups is 2. The van der Waals surface area contributed by atoms with Gasteiger partial charge in [0.1, 0.15) is 6.42 Å². The molecule has 2 aromatic carbocycles. The quantitative estimate of drug-likeness (QED) is 0.440. The van der Waals surface area contributed by atoms with Crippen molar-refractivity contribution in [2.75, 3.05) is 0 Å². The monoisotopic (exact) mass is 533 g/mol. The van der Waals surface area contributed by atoms with E-state index < -0.39 is 35.8 Å². The van der Waals surface area contributed by atoms with Crippen molar-refractivity contribution in [3.63, 3.8) is 0 Å². The Bertz CT molecular complexity index is 1420.